The third-order valence-corrected chi connectivity index (χ3v) is 8.44. The van der Waals surface area contributed by atoms with Crippen LogP contribution >= 0.6 is 0 Å². The molecule has 0 aromatic heterocycles. The fraction of sp³-hybridized carbons (Fsp3) is 0.483. The van der Waals surface area contributed by atoms with Crippen molar-refractivity contribution >= 4 is 17.7 Å². The van der Waals surface area contributed by atoms with Gasteiger partial charge in [0.2, 0.25) is 11.8 Å². The normalized spacial score (nSPS) is 22.5. The zero-order chi connectivity index (χ0) is 25.4. The van der Waals surface area contributed by atoms with Crippen molar-refractivity contribution in [2.24, 2.45) is 0 Å². The minimum absolute atomic E-state index is 0.173. The monoisotopic (exact) mass is 503 g/mol. The minimum atomic E-state index is -0.613. The number of piperidine rings is 2. The summed E-state index contributed by atoms with van der Waals surface area (Å²) in [5.74, 6) is 0.917. The molecule has 194 valence electrons. The van der Waals surface area contributed by atoms with Crippen molar-refractivity contribution in [3.8, 4) is 11.5 Å². The summed E-state index contributed by atoms with van der Waals surface area (Å²) >= 11 is 0. The summed E-state index contributed by atoms with van der Waals surface area (Å²) in [5, 5.41) is 2.35. The van der Waals surface area contributed by atoms with Crippen molar-refractivity contribution in [1.82, 2.24) is 15.1 Å². The van der Waals surface area contributed by atoms with E-state index in [1.807, 2.05) is 18.2 Å². The number of unbranched alkanes of at least 4 members (excludes halogenated alkanes) is 1. The molecule has 0 aliphatic carbocycles. The molecule has 8 nitrogen and oxygen atoms in total. The second-order valence-corrected chi connectivity index (χ2v) is 10.6. The fourth-order valence-corrected chi connectivity index (χ4v) is 6.25. The van der Waals surface area contributed by atoms with Crippen LogP contribution in [0.2, 0.25) is 0 Å². The largest absolute Gasteiger partial charge is 0.493 e. The number of hydrogen-bond donors (Lipinski definition) is 1. The zero-order valence-electron chi connectivity index (χ0n) is 21.0. The Labute approximate surface area is 216 Å². The Morgan fingerprint density at radius 1 is 1.03 bits per heavy atom. The molecule has 6 rings (SSSR count). The lowest BCUT2D eigenvalue weighted by atomic mass is 9.74. The average molecular weight is 504 g/mol. The van der Waals surface area contributed by atoms with Crippen LogP contribution < -0.4 is 14.8 Å². The van der Waals surface area contributed by atoms with Crippen molar-refractivity contribution < 1.29 is 23.9 Å². The molecule has 4 heterocycles. The lowest BCUT2D eigenvalue weighted by Crippen LogP contribution is -2.52. The van der Waals surface area contributed by atoms with E-state index < -0.39 is 11.9 Å². The Morgan fingerprint density at radius 3 is 2.70 bits per heavy atom. The molecule has 2 aromatic carbocycles. The highest BCUT2D eigenvalue weighted by Crippen LogP contribution is 2.45. The number of fused-ring (bicyclic) bond motifs is 3. The van der Waals surface area contributed by atoms with Crippen molar-refractivity contribution in [3.63, 3.8) is 0 Å². The molecule has 0 radical (unpaired) electrons. The summed E-state index contributed by atoms with van der Waals surface area (Å²) in [4.78, 5) is 40.9. The first kappa shape index (κ1) is 24.0. The van der Waals surface area contributed by atoms with E-state index in [0.717, 1.165) is 63.2 Å². The van der Waals surface area contributed by atoms with Crippen LogP contribution in [-0.2, 0) is 21.5 Å². The molecule has 4 aliphatic rings. The number of para-hydroxylation sites is 1. The van der Waals surface area contributed by atoms with Crippen molar-refractivity contribution in [2.75, 3.05) is 32.8 Å². The summed E-state index contributed by atoms with van der Waals surface area (Å²) in [6, 6.07) is 13.4. The van der Waals surface area contributed by atoms with Crippen LogP contribution in [0.3, 0.4) is 0 Å². The summed E-state index contributed by atoms with van der Waals surface area (Å²) < 4.78 is 12.1. The average Bonchev–Trinajstić information content (AvgIpc) is 3.44. The van der Waals surface area contributed by atoms with E-state index in [4.69, 9.17) is 9.47 Å². The number of nitrogens with zero attached hydrogens (tertiary/aromatic N) is 2. The Morgan fingerprint density at radius 2 is 1.86 bits per heavy atom. The second-order valence-electron chi connectivity index (χ2n) is 10.6. The molecule has 2 saturated heterocycles. The van der Waals surface area contributed by atoms with Gasteiger partial charge in [-0.05, 0) is 69.9 Å². The van der Waals surface area contributed by atoms with Gasteiger partial charge in [0.05, 0.1) is 19.8 Å². The van der Waals surface area contributed by atoms with Gasteiger partial charge in [0.15, 0.2) is 0 Å². The summed E-state index contributed by atoms with van der Waals surface area (Å²) in [5.41, 5.74) is 2.98. The molecule has 1 N–H and O–H groups in total. The van der Waals surface area contributed by atoms with Gasteiger partial charge in [-0.15, -0.1) is 0 Å². The van der Waals surface area contributed by atoms with E-state index in [1.54, 1.807) is 11.0 Å². The van der Waals surface area contributed by atoms with Crippen LogP contribution in [0.4, 0.5) is 0 Å². The van der Waals surface area contributed by atoms with E-state index in [9.17, 15) is 14.4 Å². The van der Waals surface area contributed by atoms with Gasteiger partial charge >= 0.3 is 0 Å². The summed E-state index contributed by atoms with van der Waals surface area (Å²) in [6.45, 7) is 4.95. The quantitative estimate of drug-likeness (QED) is 0.462. The molecule has 2 fully saturated rings. The standard InChI is InChI=1S/C29H33N3O5/c33-26-11-10-23(27(34)30-26)32-18-21-20(28(32)35)6-5-9-24(21)36-17-4-3-14-31-15-12-29(13-16-31)19-37-25-8-2-1-7-22(25)29/h1-2,5-9,23H,3-4,10-19H2,(H,30,33,34). The molecule has 0 saturated carbocycles. The molecular formula is C29H33N3O5. The fourth-order valence-electron chi connectivity index (χ4n) is 6.25. The Kier molecular flexibility index (Phi) is 6.36. The summed E-state index contributed by atoms with van der Waals surface area (Å²) in [6.07, 6.45) is 4.86. The summed E-state index contributed by atoms with van der Waals surface area (Å²) in [7, 11) is 0. The zero-order valence-corrected chi connectivity index (χ0v) is 21.0. The van der Waals surface area contributed by atoms with Crippen LogP contribution in [0.15, 0.2) is 42.5 Å². The number of amides is 3. The molecule has 0 bridgehead atoms. The van der Waals surface area contributed by atoms with Crippen LogP contribution in [-0.4, -0.2) is 66.4 Å². The van der Waals surface area contributed by atoms with Crippen LogP contribution in [0.1, 0.15) is 60.0 Å². The maximum atomic E-state index is 13.0. The molecule has 1 atom stereocenters. The second kappa shape index (κ2) is 9.82. The van der Waals surface area contributed by atoms with Gasteiger partial charge in [-0.1, -0.05) is 24.3 Å². The van der Waals surface area contributed by atoms with Crippen LogP contribution in [0.5, 0.6) is 11.5 Å². The maximum absolute atomic E-state index is 13.0. The molecular weight excluding hydrogens is 470 g/mol. The molecule has 37 heavy (non-hydrogen) atoms. The number of carbonyl (C=O) groups is 3. The number of likely N-dealkylation sites (tertiary alicyclic amines) is 1. The van der Waals surface area contributed by atoms with Gasteiger partial charge in [0.1, 0.15) is 17.5 Å². The molecule has 8 heteroatoms. The lowest BCUT2D eigenvalue weighted by molar-refractivity contribution is -0.136. The van der Waals surface area contributed by atoms with E-state index in [1.165, 1.54) is 5.56 Å². The van der Waals surface area contributed by atoms with E-state index in [-0.39, 0.29) is 23.7 Å². The lowest BCUT2D eigenvalue weighted by Gasteiger charge is -2.38. The van der Waals surface area contributed by atoms with Crippen LogP contribution in [0, 0.1) is 0 Å². The highest BCUT2D eigenvalue weighted by molar-refractivity contribution is 6.05. The molecule has 2 aromatic rings. The minimum Gasteiger partial charge on any atom is -0.493 e. The SMILES string of the molecule is O=C1CCC(N2Cc3c(OCCCCN4CCC5(CC4)COc4ccccc45)cccc3C2=O)C(=O)N1. The topological polar surface area (TPSA) is 88.2 Å². The Bertz CT molecular complexity index is 1220. The Balaban J connectivity index is 0.973. The Hall–Kier alpha value is -3.39. The number of nitrogens with one attached hydrogen (secondary N) is 1. The molecule has 1 spiro atoms. The first-order chi connectivity index (χ1) is 18.0. The molecule has 3 amide bonds. The van der Waals surface area contributed by atoms with Crippen molar-refractivity contribution in [1.29, 1.82) is 0 Å². The van der Waals surface area contributed by atoms with Gasteiger partial charge in [0, 0.05) is 28.5 Å². The third kappa shape index (κ3) is 4.48. The highest BCUT2D eigenvalue weighted by Gasteiger charge is 2.43. The number of benzene rings is 2. The molecule has 1 unspecified atom stereocenters. The predicted octanol–water partition coefficient (Wildman–Crippen LogP) is 3.03. The number of hydrogen-bond acceptors (Lipinski definition) is 6. The van der Waals surface area contributed by atoms with Gasteiger partial charge in [-0.3, -0.25) is 19.7 Å². The number of ether oxygens (including phenoxy) is 2. The third-order valence-electron chi connectivity index (χ3n) is 8.44. The van der Waals surface area contributed by atoms with Gasteiger partial charge in [-0.2, -0.15) is 0 Å². The number of carbonyl (C=O) groups excluding carboxylic acids is 3. The number of rotatable bonds is 7. The smallest absolute Gasteiger partial charge is 0.255 e. The number of imide groups is 1. The highest BCUT2D eigenvalue weighted by atomic mass is 16.5. The molecule has 4 aliphatic heterocycles. The predicted molar refractivity (Wildman–Crippen MR) is 137 cm³/mol. The van der Waals surface area contributed by atoms with Gasteiger partial charge in [0.25, 0.3) is 5.91 Å². The van der Waals surface area contributed by atoms with E-state index in [0.29, 0.717) is 30.9 Å². The van der Waals surface area contributed by atoms with Gasteiger partial charge in [-0.25, -0.2) is 0 Å². The van der Waals surface area contributed by atoms with Crippen molar-refractivity contribution in [3.05, 3.63) is 59.2 Å². The van der Waals surface area contributed by atoms with E-state index in [2.05, 4.69) is 28.4 Å². The van der Waals surface area contributed by atoms with E-state index >= 15 is 0 Å². The first-order valence-corrected chi connectivity index (χ1v) is 13.4. The first-order valence-electron chi connectivity index (χ1n) is 13.4. The van der Waals surface area contributed by atoms with Gasteiger partial charge < -0.3 is 19.3 Å². The maximum Gasteiger partial charge on any atom is 0.255 e. The van der Waals surface area contributed by atoms with Crippen LogP contribution in [0.25, 0.3) is 0 Å². The van der Waals surface area contributed by atoms with Crippen molar-refractivity contribution in [2.45, 2.75) is 56.5 Å².